The average Bonchev–Trinajstić information content (AvgIpc) is 2.38. The van der Waals surface area contributed by atoms with Crippen LogP contribution in [0.15, 0.2) is 34.9 Å². The summed E-state index contributed by atoms with van der Waals surface area (Å²) in [7, 11) is 1.31. The fourth-order valence-electron chi connectivity index (χ4n) is 1.51. The van der Waals surface area contributed by atoms with Crippen LogP contribution in [0, 0.1) is 0 Å². The minimum atomic E-state index is -0.495. The molecule has 0 spiro atoms. The fraction of sp³-hybridized carbons (Fsp3) is 0.0833. The zero-order valence-electron chi connectivity index (χ0n) is 9.55. The lowest BCUT2D eigenvalue weighted by Gasteiger charge is -2.07. The summed E-state index contributed by atoms with van der Waals surface area (Å²) in [4.78, 5) is 19.6. The topological polar surface area (TPSA) is 78.1 Å². The predicted molar refractivity (Wildman–Crippen MR) is 70.9 cm³/mol. The summed E-state index contributed by atoms with van der Waals surface area (Å²) < 4.78 is 5.58. The Bertz CT molecular complexity index is 602. The van der Waals surface area contributed by atoms with E-state index in [0.717, 1.165) is 10.0 Å². The van der Waals surface area contributed by atoms with E-state index >= 15 is 0 Å². The summed E-state index contributed by atoms with van der Waals surface area (Å²) in [5.41, 5.74) is 7.06. The maximum atomic E-state index is 11.6. The molecule has 0 unspecified atom stereocenters. The van der Waals surface area contributed by atoms with Crippen molar-refractivity contribution in [1.82, 2.24) is 9.97 Å². The lowest BCUT2D eigenvalue weighted by molar-refractivity contribution is 0.0601. The number of aromatic nitrogens is 2. The number of halogens is 1. The molecule has 1 aromatic heterocycles. The van der Waals surface area contributed by atoms with E-state index in [4.69, 9.17) is 10.5 Å². The van der Waals surface area contributed by atoms with Gasteiger partial charge in [0.15, 0.2) is 0 Å². The molecule has 2 aromatic rings. The monoisotopic (exact) mass is 307 g/mol. The molecule has 0 saturated carbocycles. The van der Waals surface area contributed by atoms with Gasteiger partial charge in [0.25, 0.3) is 0 Å². The first-order chi connectivity index (χ1) is 8.61. The molecule has 0 saturated heterocycles. The van der Waals surface area contributed by atoms with E-state index in [0.29, 0.717) is 5.69 Å². The smallest absolute Gasteiger partial charge is 0.341 e. The van der Waals surface area contributed by atoms with Gasteiger partial charge in [-0.05, 0) is 12.1 Å². The first-order valence-corrected chi connectivity index (χ1v) is 5.88. The minimum absolute atomic E-state index is 0.109. The highest BCUT2D eigenvalue weighted by atomic mass is 79.9. The van der Waals surface area contributed by atoms with Crippen LogP contribution in [0.3, 0.4) is 0 Å². The number of ether oxygens (including phenoxy) is 1. The molecule has 0 aliphatic rings. The molecule has 0 fully saturated rings. The number of esters is 1. The van der Waals surface area contributed by atoms with Crippen LogP contribution in [0.2, 0.25) is 0 Å². The van der Waals surface area contributed by atoms with Crippen LogP contribution in [-0.2, 0) is 4.74 Å². The van der Waals surface area contributed by atoms with Crippen LogP contribution in [0.1, 0.15) is 10.4 Å². The second-order valence-electron chi connectivity index (χ2n) is 3.49. The van der Waals surface area contributed by atoms with Gasteiger partial charge < -0.3 is 10.5 Å². The molecule has 0 atom stereocenters. The number of nitrogens with zero attached hydrogens (tertiary/aromatic N) is 2. The second-order valence-corrected chi connectivity index (χ2v) is 4.41. The summed E-state index contributed by atoms with van der Waals surface area (Å²) in [6, 6.07) is 7.40. The number of nitrogens with two attached hydrogens (primary N) is 1. The van der Waals surface area contributed by atoms with Crippen molar-refractivity contribution in [3.05, 3.63) is 40.5 Å². The van der Waals surface area contributed by atoms with Gasteiger partial charge in [0.05, 0.1) is 12.8 Å². The molecule has 0 radical (unpaired) electrons. The third kappa shape index (κ3) is 2.48. The Morgan fingerprint density at radius 1 is 1.44 bits per heavy atom. The van der Waals surface area contributed by atoms with Crippen molar-refractivity contribution in [3.8, 4) is 11.3 Å². The highest BCUT2D eigenvalue weighted by Gasteiger charge is 2.16. The molecular weight excluding hydrogens is 298 g/mol. The number of benzene rings is 1. The lowest BCUT2D eigenvalue weighted by Crippen LogP contribution is -2.08. The molecular formula is C12H10BrN3O2. The lowest BCUT2D eigenvalue weighted by atomic mass is 10.1. The van der Waals surface area contributed by atoms with Crippen molar-refractivity contribution in [2.24, 2.45) is 0 Å². The Kier molecular flexibility index (Phi) is 3.57. The van der Waals surface area contributed by atoms with Gasteiger partial charge in [-0.2, -0.15) is 0 Å². The quantitative estimate of drug-likeness (QED) is 0.861. The van der Waals surface area contributed by atoms with Gasteiger partial charge in [0.2, 0.25) is 5.95 Å². The van der Waals surface area contributed by atoms with Crippen molar-refractivity contribution < 1.29 is 9.53 Å². The minimum Gasteiger partial charge on any atom is -0.465 e. The summed E-state index contributed by atoms with van der Waals surface area (Å²) in [5, 5.41) is 0. The van der Waals surface area contributed by atoms with E-state index < -0.39 is 5.97 Å². The summed E-state index contributed by atoms with van der Waals surface area (Å²) in [5.74, 6) is -0.386. The maximum Gasteiger partial charge on any atom is 0.341 e. The molecule has 5 nitrogen and oxygen atoms in total. The van der Waals surface area contributed by atoms with Crippen molar-refractivity contribution in [2.75, 3.05) is 12.8 Å². The standard InChI is InChI=1S/C12H10BrN3O2/c1-18-11(17)9-6-15-12(14)16-10(9)7-3-2-4-8(13)5-7/h2-6H,1H3,(H2,14,15,16). The van der Waals surface area contributed by atoms with E-state index in [1.807, 2.05) is 24.3 Å². The number of carbonyl (C=O) groups is 1. The Labute approximate surface area is 112 Å². The molecule has 0 aliphatic heterocycles. The molecule has 2 N–H and O–H groups in total. The first kappa shape index (κ1) is 12.5. The number of carbonyl (C=O) groups excluding carboxylic acids is 1. The number of anilines is 1. The molecule has 2 rings (SSSR count). The number of nitrogen functional groups attached to an aromatic ring is 1. The van der Waals surface area contributed by atoms with Crippen LogP contribution >= 0.6 is 15.9 Å². The Morgan fingerprint density at radius 2 is 2.22 bits per heavy atom. The first-order valence-electron chi connectivity index (χ1n) is 5.08. The number of hydrogen-bond donors (Lipinski definition) is 1. The van der Waals surface area contributed by atoms with Gasteiger partial charge in [-0.3, -0.25) is 0 Å². The number of rotatable bonds is 2. The van der Waals surface area contributed by atoms with Crippen LogP contribution in [0.5, 0.6) is 0 Å². The van der Waals surface area contributed by atoms with Crippen LogP contribution in [0.25, 0.3) is 11.3 Å². The Hall–Kier alpha value is -1.95. The molecule has 0 aliphatic carbocycles. The molecule has 6 heteroatoms. The zero-order valence-corrected chi connectivity index (χ0v) is 11.1. The van der Waals surface area contributed by atoms with Crippen LogP contribution in [-0.4, -0.2) is 23.0 Å². The molecule has 1 heterocycles. The van der Waals surface area contributed by atoms with E-state index in [1.165, 1.54) is 13.3 Å². The van der Waals surface area contributed by atoms with Crippen molar-refractivity contribution in [2.45, 2.75) is 0 Å². The number of hydrogen-bond acceptors (Lipinski definition) is 5. The van der Waals surface area contributed by atoms with Crippen LogP contribution < -0.4 is 5.73 Å². The molecule has 0 amide bonds. The van der Waals surface area contributed by atoms with Gasteiger partial charge in [0, 0.05) is 16.2 Å². The number of methoxy groups -OCH3 is 1. The average molecular weight is 308 g/mol. The van der Waals surface area contributed by atoms with E-state index in [9.17, 15) is 4.79 Å². The largest absolute Gasteiger partial charge is 0.465 e. The van der Waals surface area contributed by atoms with E-state index in [-0.39, 0.29) is 11.5 Å². The highest BCUT2D eigenvalue weighted by molar-refractivity contribution is 9.10. The summed E-state index contributed by atoms with van der Waals surface area (Å²) in [6.07, 6.45) is 1.37. The van der Waals surface area contributed by atoms with Crippen LogP contribution in [0.4, 0.5) is 5.95 Å². The van der Waals surface area contributed by atoms with Gasteiger partial charge in [-0.1, -0.05) is 28.1 Å². The maximum absolute atomic E-state index is 11.6. The third-order valence-electron chi connectivity index (χ3n) is 2.31. The molecule has 92 valence electrons. The normalized spacial score (nSPS) is 10.1. The SMILES string of the molecule is COC(=O)c1cnc(N)nc1-c1cccc(Br)c1. The highest BCUT2D eigenvalue weighted by Crippen LogP contribution is 2.25. The predicted octanol–water partition coefficient (Wildman–Crippen LogP) is 2.27. The molecule has 1 aromatic carbocycles. The van der Waals surface area contributed by atoms with Crippen molar-refractivity contribution in [1.29, 1.82) is 0 Å². The van der Waals surface area contributed by atoms with E-state index in [1.54, 1.807) is 0 Å². The zero-order chi connectivity index (χ0) is 13.1. The van der Waals surface area contributed by atoms with Gasteiger partial charge in [-0.15, -0.1) is 0 Å². The summed E-state index contributed by atoms with van der Waals surface area (Å²) >= 11 is 3.37. The molecule has 18 heavy (non-hydrogen) atoms. The van der Waals surface area contributed by atoms with E-state index in [2.05, 4.69) is 25.9 Å². The summed E-state index contributed by atoms with van der Waals surface area (Å²) in [6.45, 7) is 0. The Balaban J connectivity index is 2.61. The van der Waals surface area contributed by atoms with Crippen molar-refractivity contribution in [3.63, 3.8) is 0 Å². The second kappa shape index (κ2) is 5.14. The van der Waals surface area contributed by atoms with Gasteiger partial charge in [-0.25, -0.2) is 14.8 Å². The molecule has 0 bridgehead atoms. The fourth-order valence-corrected chi connectivity index (χ4v) is 1.91. The van der Waals surface area contributed by atoms with Crippen molar-refractivity contribution >= 4 is 27.8 Å². The van der Waals surface area contributed by atoms with Gasteiger partial charge in [0.1, 0.15) is 5.56 Å². The Morgan fingerprint density at radius 3 is 2.89 bits per heavy atom. The third-order valence-corrected chi connectivity index (χ3v) is 2.80. The van der Waals surface area contributed by atoms with Gasteiger partial charge >= 0.3 is 5.97 Å².